The predicted octanol–water partition coefficient (Wildman–Crippen LogP) is 3.93. The molecule has 0 spiro atoms. The van der Waals surface area contributed by atoms with Crippen LogP contribution < -0.4 is 5.11 Å². The number of unbranched alkanes of at least 4 members (excludes halogenated alkanes) is 2. The van der Waals surface area contributed by atoms with Crippen LogP contribution in [0.4, 0.5) is 0 Å². The quantitative estimate of drug-likeness (QED) is 0.371. The summed E-state index contributed by atoms with van der Waals surface area (Å²) in [7, 11) is 0. The highest BCUT2D eigenvalue weighted by Crippen LogP contribution is 2.35. The maximum atomic E-state index is 12.6. The number of nitrogens with zero attached hydrogens (tertiary/aromatic N) is 1. The number of hydrogen-bond acceptors (Lipinski definition) is 6. The smallest absolute Gasteiger partial charge is 0.266 e. The molecule has 0 atom stereocenters. The summed E-state index contributed by atoms with van der Waals surface area (Å²) in [5, 5.41) is 10.4. The van der Waals surface area contributed by atoms with Crippen molar-refractivity contribution in [1.29, 1.82) is 0 Å². The Morgan fingerprint density at radius 3 is 2.63 bits per heavy atom. The first-order valence-electron chi connectivity index (χ1n) is 8.65. The number of aliphatic carboxylic acids is 1. The zero-order valence-corrected chi connectivity index (χ0v) is 17.0. The molecule has 7 heteroatoms. The summed E-state index contributed by atoms with van der Waals surface area (Å²) >= 11 is 8.30. The molecule has 27 heavy (non-hydrogen) atoms. The van der Waals surface area contributed by atoms with Gasteiger partial charge in [0.1, 0.15) is 4.32 Å². The summed E-state index contributed by atoms with van der Waals surface area (Å²) in [4.78, 5) is 27.5. The molecule has 1 aromatic heterocycles. The van der Waals surface area contributed by atoms with E-state index < -0.39 is 5.97 Å². The van der Waals surface area contributed by atoms with Gasteiger partial charge in [-0.3, -0.25) is 9.69 Å². The highest BCUT2D eigenvalue weighted by Gasteiger charge is 2.31. The molecule has 1 aliphatic rings. The maximum Gasteiger partial charge on any atom is 0.266 e. The van der Waals surface area contributed by atoms with E-state index in [4.69, 9.17) is 12.2 Å². The number of amides is 1. The SMILES string of the molecule is O=C([O-])CCCCCN1C(=O)/C(=C\c2ccc(-c3ccccc3)s2)SC1=S. The Morgan fingerprint density at radius 2 is 1.89 bits per heavy atom. The topological polar surface area (TPSA) is 60.4 Å². The van der Waals surface area contributed by atoms with Crippen LogP contribution in [0.1, 0.15) is 30.6 Å². The predicted molar refractivity (Wildman–Crippen MR) is 113 cm³/mol. The Morgan fingerprint density at radius 1 is 1.11 bits per heavy atom. The van der Waals surface area contributed by atoms with E-state index in [2.05, 4.69) is 18.2 Å². The van der Waals surface area contributed by atoms with Gasteiger partial charge in [0.05, 0.1) is 4.91 Å². The summed E-state index contributed by atoms with van der Waals surface area (Å²) in [5.74, 6) is -1.10. The molecule has 0 aliphatic carbocycles. The van der Waals surface area contributed by atoms with Gasteiger partial charge in [-0.15, -0.1) is 11.3 Å². The Hall–Kier alpha value is -1.96. The molecule has 140 valence electrons. The van der Waals surface area contributed by atoms with Gasteiger partial charge in [0.2, 0.25) is 0 Å². The Labute approximate surface area is 171 Å². The number of carboxylic acids is 1. The lowest BCUT2D eigenvalue weighted by Crippen LogP contribution is -2.29. The lowest BCUT2D eigenvalue weighted by atomic mass is 10.2. The molecule has 1 aromatic carbocycles. The molecule has 4 nitrogen and oxygen atoms in total. The molecule has 0 saturated carbocycles. The van der Waals surface area contributed by atoms with E-state index >= 15 is 0 Å². The van der Waals surface area contributed by atoms with Gasteiger partial charge >= 0.3 is 0 Å². The molecule has 0 N–H and O–H groups in total. The first-order chi connectivity index (χ1) is 13.0. The number of thioether (sulfide) groups is 1. The van der Waals surface area contributed by atoms with E-state index in [9.17, 15) is 14.7 Å². The van der Waals surface area contributed by atoms with E-state index in [1.807, 2.05) is 30.3 Å². The van der Waals surface area contributed by atoms with Crippen molar-refractivity contribution in [3.05, 3.63) is 52.2 Å². The van der Waals surface area contributed by atoms with Crippen molar-refractivity contribution in [3.8, 4) is 10.4 Å². The minimum absolute atomic E-state index is 0.0560. The second-order valence-electron chi connectivity index (χ2n) is 6.08. The number of hydrogen-bond donors (Lipinski definition) is 0. The number of thiophene rings is 1. The fourth-order valence-corrected chi connectivity index (χ4v) is 5.06. The maximum absolute atomic E-state index is 12.6. The zero-order valence-electron chi connectivity index (χ0n) is 14.6. The number of carboxylic acid groups (broad SMARTS) is 1. The molecule has 1 aliphatic heterocycles. The number of rotatable bonds is 8. The zero-order chi connectivity index (χ0) is 19.2. The molecular weight excluding hydrogens is 398 g/mol. The van der Waals surface area contributed by atoms with Crippen LogP contribution in [0.15, 0.2) is 47.4 Å². The summed E-state index contributed by atoms with van der Waals surface area (Å²) in [6.07, 6.45) is 3.97. The summed E-state index contributed by atoms with van der Waals surface area (Å²) in [5.41, 5.74) is 1.16. The molecule has 0 unspecified atom stereocenters. The lowest BCUT2D eigenvalue weighted by molar-refractivity contribution is -0.305. The van der Waals surface area contributed by atoms with Crippen LogP contribution in [0.25, 0.3) is 16.5 Å². The van der Waals surface area contributed by atoms with Gasteiger partial charge in [-0.05, 0) is 43.0 Å². The van der Waals surface area contributed by atoms with E-state index in [0.29, 0.717) is 22.2 Å². The monoisotopic (exact) mass is 416 g/mol. The van der Waals surface area contributed by atoms with Crippen LogP contribution in [0.5, 0.6) is 0 Å². The minimum Gasteiger partial charge on any atom is -0.550 e. The van der Waals surface area contributed by atoms with Crippen molar-refractivity contribution in [1.82, 2.24) is 4.90 Å². The standard InChI is InChI=1S/C20H19NO3S3/c22-18(23)9-5-2-6-12-21-19(24)17(27-20(21)25)13-15-10-11-16(26-15)14-7-3-1-4-8-14/h1,3-4,7-8,10-11,13H,2,5-6,9,12H2,(H,22,23)/p-1/b17-13+. The summed E-state index contributed by atoms with van der Waals surface area (Å²) in [6.45, 7) is 0.523. The van der Waals surface area contributed by atoms with Gasteiger partial charge in [-0.2, -0.15) is 0 Å². The van der Waals surface area contributed by atoms with Gasteiger partial charge in [0.25, 0.3) is 5.91 Å². The normalized spacial score (nSPS) is 15.7. The Bertz CT molecular complexity index is 874. The molecule has 2 aromatic rings. The first kappa shape index (κ1) is 19.8. The second-order valence-corrected chi connectivity index (χ2v) is 8.88. The summed E-state index contributed by atoms with van der Waals surface area (Å²) < 4.78 is 0.561. The Kier molecular flexibility index (Phi) is 6.82. The average molecular weight is 417 g/mol. The second kappa shape index (κ2) is 9.30. The fourth-order valence-electron chi connectivity index (χ4n) is 2.73. The Balaban J connectivity index is 1.61. The van der Waals surface area contributed by atoms with Crippen molar-refractivity contribution in [2.45, 2.75) is 25.7 Å². The third-order valence-electron chi connectivity index (χ3n) is 4.09. The third kappa shape index (κ3) is 5.28. The third-order valence-corrected chi connectivity index (χ3v) is 6.55. The molecule has 2 heterocycles. The van der Waals surface area contributed by atoms with Crippen molar-refractivity contribution in [2.75, 3.05) is 6.54 Å². The van der Waals surface area contributed by atoms with Crippen LogP contribution in [-0.4, -0.2) is 27.6 Å². The van der Waals surface area contributed by atoms with E-state index in [-0.39, 0.29) is 12.3 Å². The van der Waals surface area contributed by atoms with Crippen LogP contribution in [0.3, 0.4) is 0 Å². The molecule has 1 saturated heterocycles. The minimum atomic E-state index is -1.03. The molecular formula is C20H18NO3S3-. The van der Waals surface area contributed by atoms with E-state index in [0.717, 1.165) is 28.2 Å². The van der Waals surface area contributed by atoms with Crippen molar-refractivity contribution < 1.29 is 14.7 Å². The van der Waals surface area contributed by atoms with Gasteiger partial charge in [-0.1, -0.05) is 60.7 Å². The van der Waals surface area contributed by atoms with Crippen molar-refractivity contribution in [3.63, 3.8) is 0 Å². The molecule has 0 bridgehead atoms. The van der Waals surface area contributed by atoms with Gasteiger partial charge in [-0.25, -0.2) is 0 Å². The number of carbonyl (C=O) groups is 2. The van der Waals surface area contributed by atoms with Crippen LogP contribution >= 0.6 is 35.3 Å². The number of carbonyl (C=O) groups excluding carboxylic acids is 2. The highest BCUT2D eigenvalue weighted by atomic mass is 32.2. The van der Waals surface area contributed by atoms with E-state index in [1.54, 1.807) is 16.2 Å². The van der Waals surface area contributed by atoms with Crippen LogP contribution in [0.2, 0.25) is 0 Å². The van der Waals surface area contributed by atoms with Gasteiger partial charge in [0.15, 0.2) is 0 Å². The van der Waals surface area contributed by atoms with Gasteiger partial charge in [0, 0.05) is 22.3 Å². The fraction of sp³-hybridized carbons (Fsp3) is 0.250. The molecule has 0 radical (unpaired) electrons. The lowest BCUT2D eigenvalue weighted by Gasteiger charge is -2.14. The molecule has 1 fully saturated rings. The molecule has 1 amide bonds. The van der Waals surface area contributed by atoms with Crippen molar-refractivity contribution >= 4 is 57.6 Å². The number of benzene rings is 1. The average Bonchev–Trinajstić information content (AvgIpc) is 3.22. The number of thiocarbonyl (C=S) groups is 1. The first-order valence-corrected chi connectivity index (χ1v) is 10.7. The van der Waals surface area contributed by atoms with Crippen LogP contribution in [0, 0.1) is 0 Å². The van der Waals surface area contributed by atoms with E-state index in [1.165, 1.54) is 11.8 Å². The largest absolute Gasteiger partial charge is 0.550 e. The summed E-state index contributed by atoms with van der Waals surface area (Å²) in [6, 6.07) is 14.2. The molecule has 3 rings (SSSR count). The van der Waals surface area contributed by atoms with Crippen molar-refractivity contribution in [2.24, 2.45) is 0 Å². The van der Waals surface area contributed by atoms with Crippen LogP contribution in [-0.2, 0) is 9.59 Å². The van der Waals surface area contributed by atoms with Gasteiger partial charge < -0.3 is 9.90 Å². The highest BCUT2D eigenvalue weighted by molar-refractivity contribution is 8.26.